The zero-order chi connectivity index (χ0) is 13.5. The van der Waals surface area contributed by atoms with E-state index in [9.17, 15) is 0 Å². The fourth-order valence-electron chi connectivity index (χ4n) is 2.20. The molecule has 0 bridgehead atoms. The fraction of sp³-hybridized carbons (Fsp3) is 0.625. The van der Waals surface area contributed by atoms with Crippen molar-refractivity contribution in [2.45, 2.75) is 34.2 Å². The minimum absolute atomic E-state index is 0.695. The molecule has 0 heterocycles. The first kappa shape index (κ1) is 15.0. The van der Waals surface area contributed by atoms with Crippen molar-refractivity contribution in [1.82, 2.24) is 5.32 Å². The molecule has 18 heavy (non-hydrogen) atoms. The lowest BCUT2D eigenvalue weighted by Crippen LogP contribution is -2.31. The van der Waals surface area contributed by atoms with Crippen molar-refractivity contribution < 1.29 is 0 Å². The van der Waals surface area contributed by atoms with Gasteiger partial charge in [-0.2, -0.15) is 0 Å². The van der Waals surface area contributed by atoms with E-state index in [2.05, 4.69) is 62.2 Å². The third-order valence-corrected chi connectivity index (χ3v) is 2.85. The van der Waals surface area contributed by atoms with Crippen LogP contribution in [0.2, 0.25) is 0 Å². The molecule has 2 heteroatoms. The zero-order valence-corrected chi connectivity index (χ0v) is 12.5. The van der Waals surface area contributed by atoms with Crippen LogP contribution in [-0.4, -0.2) is 20.1 Å². The summed E-state index contributed by atoms with van der Waals surface area (Å²) < 4.78 is 0. The number of hydrogen-bond donors (Lipinski definition) is 1. The Morgan fingerprint density at radius 2 is 1.44 bits per heavy atom. The van der Waals surface area contributed by atoms with E-state index in [4.69, 9.17) is 0 Å². The molecule has 1 rings (SSSR count). The summed E-state index contributed by atoms with van der Waals surface area (Å²) >= 11 is 0. The molecule has 0 aliphatic rings. The van der Waals surface area contributed by atoms with E-state index in [1.54, 1.807) is 0 Å². The van der Waals surface area contributed by atoms with Crippen molar-refractivity contribution in [3.63, 3.8) is 0 Å². The normalized spacial score (nSPS) is 11.3. The SMILES string of the molecule is CNCc1ccc(N(CC(C)C)CC(C)C)cc1. The molecule has 1 N–H and O–H groups in total. The number of hydrogen-bond acceptors (Lipinski definition) is 2. The van der Waals surface area contributed by atoms with Crippen LogP contribution in [0.1, 0.15) is 33.3 Å². The van der Waals surface area contributed by atoms with Crippen LogP contribution in [0.15, 0.2) is 24.3 Å². The first-order valence-corrected chi connectivity index (χ1v) is 7.01. The number of nitrogens with one attached hydrogen (secondary N) is 1. The molecular formula is C16H28N2. The highest BCUT2D eigenvalue weighted by molar-refractivity contribution is 5.47. The lowest BCUT2D eigenvalue weighted by Gasteiger charge is -2.28. The highest BCUT2D eigenvalue weighted by atomic mass is 15.1. The molecule has 2 nitrogen and oxygen atoms in total. The molecule has 0 aliphatic carbocycles. The summed E-state index contributed by atoms with van der Waals surface area (Å²) in [7, 11) is 1.98. The highest BCUT2D eigenvalue weighted by Gasteiger charge is 2.10. The van der Waals surface area contributed by atoms with Gasteiger partial charge >= 0.3 is 0 Å². The molecule has 0 radical (unpaired) electrons. The quantitative estimate of drug-likeness (QED) is 0.794. The van der Waals surface area contributed by atoms with Crippen LogP contribution in [0.4, 0.5) is 5.69 Å². The average Bonchev–Trinajstić information content (AvgIpc) is 2.28. The van der Waals surface area contributed by atoms with Crippen LogP contribution in [0.25, 0.3) is 0 Å². The predicted molar refractivity (Wildman–Crippen MR) is 81.1 cm³/mol. The van der Waals surface area contributed by atoms with Crippen molar-refractivity contribution in [3.8, 4) is 0 Å². The van der Waals surface area contributed by atoms with Crippen molar-refractivity contribution in [1.29, 1.82) is 0 Å². The second kappa shape index (κ2) is 7.42. The largest absolute Gasteiger partial charge is 0.371 e. The first-order chi connectivity index (χ1) is 8.52. The Morgan fingerprint density at radius 3 is 1.83 bits per heavy atom. The van der Waals surface area contributed by atoms with Crippen molar-refractivity contribution >= 4 is 5.69 Å². The average molecular weight is 248 g/mol. The van der Waals surface area contributed by atoms with E-state index in [1.165, 1.54) is 11.3 Å². The maximum absolute atomic E-state index is 3.18. The second-order valence-corrected chi connectivity index (χ2v) is 5.89. The molecule has 0 spiro atoms. The Bertz CT molecular complexity index is 317. The van der Waals surface area contributed by atoms with Crippen molar-refractivity contribution in [2.24, 2.45) is 11.8 Å². The minimum atomic E-state index is 0.695. The van der Waals surface area contributed by atoms with Gasteiger partial charge in [-0.25, -0.2) is 0 Å². The zero-order valence-electron chi connectivity index (χ0n) is 12.5. The summed E-state index contributed by atoms with van der Waals surface area (Å²) in [6, 6.07) is 8.94. The van der Waals surface area contributed by atoms with Crippen molar-refractivity contribution in [3.05, 3.63) is 29.8 Å². The standard InChI is InChI=1S/C16H28N2/c1-13(2)11-18(12-14(3)4)16-8-6-15(7-9-16)10-17-5/h6-9,13-14,17H,10-12H2,1-5H3. The molecule has 1 aromatic carbocycles. The van der Waals surface area contributed by atoms with Gasteiger partial charge in [0.25, 0.3) is 0 Å². The third kappa shape index (κ3) is 5.09. The van der Waals surface area contributed by atoms with Gasteiger partial charge in [-0.15, -0.1) is 0 Å². The second-order valence-electron chi connectivity index (χ2n) is 5.89. The monoisotopic (exact) mass is 248 g/mol. The molecule has 0 unspecified atom stereocenters. The van der Waals surface area contributed by atoms with Crippen LogP contribution in [0.3, 0.4) is 0 Å². The third-order valence-electron chi connectivity index (χ3n) is 2.85. The fourth-order valence-corrected chi connectivity index (χ4v) is 2.20. The number of nitrogens with zero attached hydrogens (tertiary/aromatic N) is 1. The van der Waals surface area contributed by atoms with Gasteiger partial charge in [0, 0.05) is 25.3 Å². The number of anilines is 1. The van der Waals surface area contributed by atoms with E-state index in [1.807, 2.05) is 7.05 Å². The lowest BCUT2D eigenvalue weighted by atomic mass is 10.1. The number of benzene rings is 1. The molecule has 1 aromatic rings. The van der Waals surface area contributed by atoms with E-state index in [-0.39, 0.29) is 0 Å². The van der Waals surface area contributed by atoms with Gasteiger partial charge in [0.1, 0.15) is 0 Å². The maximum Gasteiger partial charge on any atom is 0.0366 e. The molecule has 102 valence electrons. The van der Waals surface area contributed by atoms with Crippen LogP contribution >= 0.6 is 0 Å². The Labute approximate surface area is 112 Å². The maximum atomic E-state index is 3.18. The number of rotatable bonds is 7. The Balaban J connectivity index is 2.77. The van der Waals surface area contributed by atoms with Crippen LogP contribution < -0.4 is 10.2 Å². The molecule has 0 saturated carbocycles. The van der Waals surface area contributed by atoms with Gasteiger partial charge in [-0.3, -0.25) is 0 Å². The van der Waals surface area contributed by atoms with Gasteiger partial charge in [0.05, 0.1) is 0 Å². The van der Waals surface area contributed by atoms with Gasteiger partial charge in [-0.05, 0) is 36.6 Å². The van der Waals surface area contributed by atoms with E-state index >= 15 is 0 Å². The Hall–Kier alpha value is -1.02. The smallest absolute Gasteiger partial charge is 0.0366 e. The van der Waals surface area contributed by atoms with Gasteiger partial charge in [-0.1, -0.05) is 39.8 Å². The molecule has 0 saturated heterocycles. The summed E-state index contributed by atoms with van der Waals surface area (Å²) in [5, 5.41) is 3.18. The molecule has 0 atom stereocenters. The minimum Gasteiger partial charge on any atom is -0.371 e. The van der Waals surface area contributed by atoms with Crippen LogP contribution in [-0.2, 0) is 6.54 Å². The van der Waals surface area contributed by atoms with Gasteiger partial charge in [0.15, 0.2) is 0 Å². The molecular weight excluding hydrogens is 220 g/mol. The summed E-state index contributed by atoms with van der Waals surface area (Å²) in [5.41, 5.74) is 2.69. The van der Waals surface area contributed by atoms with E-state index in [0.717, 1.165) is 19.6 Å². The summed E-state index contributed by atoms with van der Waals surface area (Å²) in [6.45, 7) is 12.3. The van der Waals surface area contributed by atoms with E-state index < -0.39 is 0 Å². The van der Waals surface area contributed by atoms with Crippen LogP contribution in [0, 0.1) is 11.8 Å². The molecule has 0 aliphatic heterocycles. The Kier molecular flexibility index (Phi) is 6.20. The molecule has 0 fully saturated rings. The molecule has 0 aromatic heterocycles. The van der Waals surface area contributed by atoms with Crippen molar-refractivity contribution in [2.75, 3.05) is 25.0 Å². The predicted octanol–water partition coefficient (Wildman–Crippen LogP) is 3.52. The Morgan fingerprint density at radius 1 is 0.944 bits per heavy atom. The topological polar surface area (TPSA) is 15.3 Å². The molecule has 0 amide bonds. The van der Waals surface area contributed by atoms with Gasteiger partial charge in [0.2, 0.25) is 0 Å². The first-order valence-electron chi connectivity index (χ1n) is 7.01. The summed E-state index contributed by atoms with van der Waals surface area (Å²) in [4.78, 5) is 2.50. The highest BCUT2D eigenvalue weighted by Crippen LogP contribution is 2.18. The van der Waals surface area contributed by atoms with E-state index in [0.29, 0.717) is 11.8 Å². The van der Waals surface area contributed by atoms with Crippen LogP contribution in [0.5, 0.6) is 0 Å². The summed E-state index contributed by atoms with van der Waals surface area (Å²) in [5.74, 6) is 1.39. The summed E-state index contributed by atoms with van der Waals surface area (Å²) in [6.07, 6.45) is 0. The lowest BCUT2D eigenvalue weighted by molar-refractivity contribution is 0.552. The van der Waals surface area contributed by atoms with Gasteiger partial charge < -0.3 is 10.2 Å².